The van der Waals surface area contributed by atoms with Crippen LogP contribution in [0.4, 0.5) is 0 Å². The average molecular weight is 391 g/mol. The predicted octanol–water partition coefficient (Wildman–Crippen LogP) is 2.54. The van der Waals surface area contributed by atoms with Crippen molar-refractivity contribution in [2.75, 3.05) is 19.4 Å². The standard InChI is InChI=1S/C20H25NO5S/c1-3-25-20(22)18(15-21-14-17-7-5-4-6-8-17)13-16-9-11-19(12-10-16)26-27(2,23)24/h4-12,18,21H,3,13-15H2,1-2H3. The normalized spacial score (nSPS) is 12.4. The molecule has 0 heterocycles. The van der Waals surface area contributed by atoms with Crippen LogP contribution in [0.5, 0.6) is 5.75 Å². The van der Waals surface area contributed by atoms with Gasteiger partial charge in [-0.3, -0.25) is 4.79 Å². The van der Waals surface area contributed by atoms with Gasteiger partial charge in [-0.05, 0) is 36.6 Å². The van der Waals surface area contributed by atoms with Crippen LogP contribution in [-0.2, 0) is 32.6 Å². The maximum Gasteiger partial charge on any atom is 0.310 e. The van der Waals surface area contributed by atoms with Crippen molar-refractivity contribution in [2.24, 2.45) is 5.92 Å². The van der Waals surface area contributed by atoms with Gasteiger partial charge < -0.3 is 14.2 Å². The molecule has 0 radical (unpaired) electrons. The van der Waals surface area contributed by atoms with Crippen molar-refractivity contribution < 1.29 is 22.1 Å². The number of hydrogen-bond acceptors (Lipinski definition) is 6. The van der Waals surface area contributed by atoms with Crippen LogP contribution in [0, 0.1) is 5.92 Å². The second-order valence-corrected chi connectivity index (χ2v) is 7.78. The third-order valence-corrected chi connectivity index (χ3v) is 4.33. The van der Waals surface area contributed by atoms with Gasteiger partial charge in [0.1, 0.15) is 5.75 Å². The van der Waals surface area contributed by atoms with E-state index in [0.29, 0.717) is 26.1 Å². The molecule has 7 heteroatoms. The van der Waals surface area contributed by atoms with Crippen LogP contribution >= 0.6 is 0 Å². The highest BCUT2D eigenvalue weighted by Crippen LogP contribution is 2.17. The second-order valence-electron chi connectivity index (χ2n) is 6.20. The number of ether oxygens (including phenoxy) is 1. The van der Waals surface area contributed by atoms with Crippen molar-refractivity contribution in [3.8, 4) is 5.75 Å². The summed E-state index contributed by atoms with van der Waals surface area (Å²) < 4.78 is 32.4. The summed E-state index contributed by atoms with van der Waals surface area (Å²) in [5.41, 5.74) is 2.04. The molecule has 2 aromatic rings. The van der Waals surface area contributed by atoms with Crippen LogP contribution in [0.15, 0.2) is 54.6 Å². The Kier molecular flexibility index (Phi) is 7.82. The van der Waals surface area contributed by atoms with E-state index in [1.54, 1.807) is 31.2 Å². The summed E-state index contributed by atoms with van der Waals surface area (Å²) >= 11 is 0. The molecule has 146 valence electrons. The molecule has 0 aliphatic heterocycles. The molecule has 0 amide bonds. The molecule has 0 saturated carbocycles. The van der Waals surface area contributed by atoms with Gasteiger partial charge in [0, 0.05) is 13.1 Å². The van der Waals surface area contributed by atoms with Crippen molar-refractivity contribution in [3.63, 3.8) is 0 Å². The summed E-state index contributed by atoms with van der Waals surface area (Å²) in [6.07, 6.45) is 1.48. The van der Waals surface area contributed by atoms with Crippen LogP contribution in [0.1, 0.15) is 18.1 Å². The summed E-state index contributed by atoms with van der Waals surface area (Å²) in [5, 5.41) is 3.30. The number of benzene rings is 2. The first-order valence-electron chi connectivity index (χ1n) is 8.77. The SMILES string of the molecule is CCOC(=O)C(CNCc1ccccc1)Cc1ccc(OS(C)(=O)=O)cc1. The highest BCUT2D eigenvalue weighted by molar-refractivity contribution is 7.86. The lowest BCUT2D eigenvalue weighted by Gasteiger charge is -2.17. The van der Waals surface area contributed by atoms with Gasteiger partial charge in [-0.1, -0.05) is 42.5 Å². The Morgan fingerprint density at radius 2 is 1.70 bits per heavy atom. The van der Waals surface area contributed by atoms with Crippen LogP contribution in [0.3, 0.4) is 0 Å². The van der Waals surface area contributed by atoms with Gasteiger partial charge in [0.2, 0.25) is 0 Å². The third kappa shape index (κ3) is 7.80. The molecule has 1 atom stereocenters. The molecule has 6 nitrogen and oxygen atoms in total. The first-order valence-corrected chi connectivity index (χ1v) is 10.6. The van der Waals surface area contributed by atoms with E-state index in [1.165, 1.54) is 0 Å². The summed E-state index contributed by atoms with van der Waals surface area (Å²) in [7, 11) is -3.56. The van der Waals surface area contributed by atoms with E-state index in [2.05, 4.69) is 5.32 Å². The van der Waals surface area contributed by atoms with Crippen LogP contribution in [0.2, 0.25) is 0 Å². The average Bonchev–Trinajstić information content (AvgIpc) is 2.62. The molecular formula is C20H25NO5S. The zero-order valence-corrected chi connectivity index (χ0v) is 16.4. The second kappa shape index (κ2) is 10.1. The van der Waals surface area contributed by atoms with Gasteiger partial charge >= 0.3 is 16.1 Å². The minimum atomic E-state index is -3.56. The monoisotopic (exact) mass is 391 g/mol. The molecule has 0 bridgehead atoms. The van der Waals surface area contributed by atoms with Crippen LogP contribution in [-0.4, -0.2) is 33.8 Å². The fraction of sp³-hybridized carbons (Fsp3) is 0.350. The van der Waals surface area contributed by atoms with E-state index in [9.17, 15) is 13.2 Å². The highest BCUT2D eigenvalue weighted by atomic mass is 32.2. The largest absolute Gasteiger partial charge is 0.466 e. The number of rotatable bonds is 10. The van der Waals surface area contributed by atoms with E-state index in [1.807, 2.05) is 30.3 Å². The quantitative estimate of drug-likeness (QED) is 0.495. The maximum absolute atomic E-state index is 12.3. The lowest BCUT2D eigenvalue weighted by molar-refractivity contribution is -0.147. The Balaban J connectivity index is 1.98. The number of hydrogen-bond donors (Lipinski definition) is 1. The highest BCUT2D eigenvalue weighted by Gasteiger charge is 2.20. The molecule has 0 saturated heterocycles. The van der Waals surface area contributed by atoms with E-state index in [0.717, 1.165) is 17.4 Å². The van der Waals surface area contributed by atoms with Gasteiger partial charge in [0.25, 0.3) is 0 Å². The summed E-state index contributed by atoms with van der Waals surface area (Å²) in [6, 6.07) is 16.6. The molecule has 2 aromatic carbocycles. The first-order chi connectivity index (χ1) is 12.9. The third-order valence-electron chi connectivity index (χ3n) is 3.84. The molecule has 0 aliphatic rings. The summed E-state index contributed by atoms with van der Waals surface area (Å²) in [5.74, 6) is -0.346. The van der Waals surface area contributed by atoms with Crippen molar-refractivity contribution in [1.82, 2.24) is 5.32 Å². The molecule has 1 N–H and O–H groups in total. The van der Waals surface area contributed by atoms with Crippen LogP contribution < -0.4 is 9.50 Å². The fourth-order valence-corrected chi connectivity index (χ4v) is 3.09. The van der Waals surface area contributed by atoms with E-state index in [4.69, 9.17) is 8.92 Å². The summed E-state index contributed by atoms with van der Waals surface area (Å²) in [6.45, 7) is 3.26. The smallest absolute Gasteiger partial charge is 0.310 e. The zero-order valence-electron chi connectivity index (χ0n) is 15.6. The van der Waals surface area contributed by atoms with Gasteiger partial charge in [-0.15, -0.1) is 0 Å². The first kappa shape index (κ1) is 20.9. The zero-order chi connectivity index (χ0) is 19.7. The Morgan fingerprint density at radius 1 is 1.04 bits per heavy atom. The maximum atomic E-state index is 12.3. The lowest BCUT2D eigenvalue weighted by Crippen LogP contribution is -2.31. The predicted molar refractivity (Wildman–Crippen MR) is 104 cm³/mol. The molecule has 0 fully saturated rings. The topological polar surface area (TPSA) is 81.7 Å². The number of carbonyl (C=O) groups is 1. The Hall–Kier alpha value is -2.38. The van der Waals surface area contributed by atoms with E-state index >= 15 is 0 Å². The van der Waals surface area contributed by atoms with Crippen molar-refractivity contribution in [3.05, 3.63) is 65.7 Å². The minimum absolute atomic E-state index is 0.246. The molecule has 0 spiro atoms. The molecule has 0 aliphatic carbocycles. The number of carbonyl (C=O) groups excluding carboxylic acids is 1. The Labute approximate surface area is 160 Å². The molecule has 1 unspecified atom stereocenters. The minimum Gasteiger partial charge on any atom is -0.466 e. The Morgan fingerprint density at radius 3 is 2.30 bits per heavy atom. The van der Waals surface area contributed by atoms with Gasteiger partial charge in [-0.2, -0.15) is 8.42 Å². The molecule has 2 rings (SSSR count). The van der Waals surface area contributed by atoms with Crippen molar-refractivity contribution in [2.45, 2.75) is 19.9 Å². The van der Waals surface area contributed by atoms with Gasteiger partial charge in [0.15, 0.2) is 0 Å². The van der Waals surface area contributed by atoms with Gasteiger partial charge in [0.05, 0.1) is 18.8 Å². The molecular weight excluding hydrogens is 366 g/mol. The van der Waals surface area contributed by atoms with Crippen molar-refractivity contribution in [1.29, 1.82) is 0 Å². The molecule has 27 heavy (non-hydrogen) atoms. The van der Waals surface area contributed by atoms with Crippen LogP contribution in [0.25, 0.3) is 0 Å². The van der Waals surface area contributed by atoms with Crippen molar-refractivity contribution >= 4 is 16.1 Å². The lowest BCUT2D eigenvalue weighted by atomic mass is 9.99. The number of nitrogens with one attached hydrogen (secondary N) is 1. The molecule has 0 aromatic heterocycles. The Bertz CT molecular complexity index is 819. The van der Waals surface area contributed by atoms with Gasteiger partial charge in [-0.25, -0.2) is 0 Å². The van der Waals surface area contributed by atoms with E-state index < -0.39 is 10.1 Å². The van der Waals surface area contributed by atoms with E-state index in [-0.39, 0.29) is 17.6 Å². The number of esters is 1. The fourth-order valence-electron chi connectivity index (χ4n) is 2.63. The summed E-state index contributed by atoms with van der Waals surface area (Å²) in [4.78, 5) is 12.3.